The van der Waals surface area contributed by atoms with E-state index in [0.29, 0.717) is 5.39 Å². The van der Waals surface area contributed by atoms with Gasteiger partial charge in [0.05, 0.1) is 4.70 Å². The fraction of sp³-hybridized carbons (Fsp3) is 0.0667. The Hall–Kier alpha value is -2.40. The molecule has 3 rings (SSSR count). The standard InChI is InChI=1S/C15H11NO3S/c1-8-7-9(17)5-6-10(8)11-3-2-4-12-13(11)14(15(18)19)16-20-12/h2-7,17H,1H3,(H,18,19). The van der Waals surface area contributed by atoms with Gasteiger partial charge in [-0.1, -0.05) is 18.2 Å². The molecule has 20 heavy (non-hydrogen) atoms. The second-order valence-electron chi connectivity index (χ2n) is 4.51. The topological polar surface area (TPSA) is 70.4 Å². The van der Waals surface area contributed by atoms with Gasteiger partial charge in [0, 0.05) is 5.39 Å². The van der Waals surface area contributed by atoms with Gasteiger partial charge in [0.25, 0.3) is 0 Å². The van der Waals surface area contributed by atoms with Crippen LogP contribution in [0.15, 0.2) is 36.4 Å². The molecule has 2 aromatic carbocycles. The van der Waals surface area contributed by atoms with E-state index in [1.165, 1.54) is 11.5 Å². The molecular formula is C15H11NO3S. The predicted molar refractivity (Wildman–Crippen MR) is 78.4 cm³/mol. The van der Waals surface area contributed by atoms with Gasteiger partial charge in [-0.2, -0.15) is 4.37 Å². The molecule has 100 valence electrons. The van der Waals surface area contributed by atoms with Crippen LogP contribution in [0.25, 0.3) is 21.2 Å². The summed E-state index contributed by atoms with van der Waals surface area (Å²) in [7, 11) is 0. The zero-order chi connectivity index (χ0) is 14.3. The van der Waals surface area contributed by atoms with Gasteiger partial charge in [-0.15, -0.1) is 0 Å². The third-order valence-corrected chi connectivity index (χ3v) is 4.01. The maximum absolute atomic E-state index is 11.3. The molecule has 5 heteroatoms. The van der Waals surface area contributed by atoms with Crippen molar-refractivity contribution in [2.75, 3.05) is 0 Å². The van der Waals surface area contributed by atoms with Crippen molar-refractivity contribution in [1.82, 2.24) is 4.37 Å². The Balaban J connectivity index is 2.36. The summed E-state index contributed by atoms with van der Waals surface area (Å²) in [6, 6.07) is 10.7. The summed E-state index contributed by atoms with van der Waals surface area (Å²) in [6.07, 6.45) is 0. The average Bonchev–Trinajstić information content (AvgIpc) is 2.83. The highest BCUT2D eigenvalue weighted by Gasteiger charge is 2.17. The Morgan fingerprint density at radius 3 is 2.70 bits per heavy atom. The number of aryl methyl sites for hydroxylation is 1. The lowest BCUT2D eigenvalue weighted by Crippen LogP contribution is -1.97. The van der Waals surface area contributed by atoms with E-state index in [1.54, 1.807) is 18.2 Å². The molecule has 0 radical (unpaired) electrons. The van der Waals surface area contributed by atoms with Crippen molar-refractivity contribution in [3.8, 4) is 16.9 Å². The number of carboxylic acid groups (broad SMARTS) is 1. The van der Waals surface area contributed by atoms with E-state index in [4.69, 9.17) is 0 Å². The van der Waals surface area contributed by atoms with Crippen LogP contribution in [-0.4, -0.2) is 20.6 Å². The summed E-state index contributed by atoms with van der Waals surface area (Å²) in [5, 5.41) is 19.4. The molecule has 0 amide bonds. The summed E-state index contributed by atoms with van der Waals surface area (Å²) in [4.78, 5) is 11.3. The summed E-state index contributed by atoms with van der Waals surface area (Å²) < 4.78 is 4.86. The molecule has 0 fully saturated rings. The lowest BCUT2D eigenvalue weighted by Gasteiger charge is -2.08. The first-order valence-electron chi connectivity index (χ1n) is 5.99. The number of aromatic carboxylic acids is 1. The molecule has 1 aromatic heterocycles. The Morgan fingerprint density at radius 2 is 2.00 bits per heavy atom. The minimum Gasteiger partial charge on any atom is -0.508 e. The van der Waals surface area contributed by atoms with E-state index in [1.807, 2.05) is 25.1 Å². The van der Waals surface area contributed by atoms with Crippen LogP contribution >= 0.6 is 11.5 Å². The van der Waals surface area contributed by atoms with E-state index < -0.39 is 5.97 Å². The summed E-state index contributed by atoms with van der Waals surface area (Å²) >= 11 is 1.18. The normalized spacial score (nSPS) is 10.8. The van der Waals surface area contributed by atoms with E-state index in [2.05, 4.69) is 4.37 Å². The highest BCUT2D eigenvalue weighted by Crippen LogP contribution is 2.35. The highest BCUT2D eigenvalue weighted by molar-refractivity contribution is 7.13. The van der Waals surface area contributed by atoms with E-state index >= 15 is 0 Å². The number of aromatic nitrogens is 1. The van der Waals surface area contributed by atoms with E-state index in [-0.39, 0.29) is 11.4 Å². The zero-order valence-electron chi connectivity index (χ0n) is 10.6. The maximum Gasteiger partial charge on any atom is 0.356 e. The summed E-state index contributed by atoms with van der Waals surface area (Å²) in [5.74, 6) is -0.833. The summed E-state index contributed by atoms with van der Waals surface area (Å²) in [5.41, 5.74) is 2.69. The van der Waals surface area contributed by atoms with Gasteiger partial charge in [-0.05, 0) is 53.3 Å². The number of rotatable bonds is 2. The van der Waals surface area contributed by atoms with Crippen LogP contribution in [0.1, 0.15) is 16.1 Å². The van der Waals surface area contributed by atoms with Crippen LogP contribution in [0.4, 0.5) is 0 Å². The van der Waals surface area contributed by atoms with Crippen molar-refractivity contribution in [2.24, 2.45) is 0 Å². The Kier molecular flexibility index (Phi) is 2.91. The molecule has 1 heterocycles. The maximum atomic E-state index is 11.3. The van der Waals surface area contributed by atoms with E-state index in [0.717, 1.165) is 21.4 Å². The molecule has 2 N–H and O–H groups in total. The smallest absolute Gasteiger partial charge is 0.356 e. The minimum atomic E-state index is -1.03. The number of hydrogen-bond acceptors (Lipinski definition) is 4. The first kappa shape index (κ1) is 12.6. The first-order chi connectivity index (χ1) is 9.58. The number of carboxylic acids is 1. The number of hydrogen-bond donors (Lipinski definition) is 2. The van der Waals surface area contributed by atoms with E-state index in [9.17, 15) is 15.0 Å². The second-order valence-corrected chi connectivity index (χ2v) is 5.32. The van der Waals surface area contributed by atoms with Gasteiger partial charge in [-0.3, -0.25) is 0 Å². The predicted octanol–water partition coefficient (Wildman–Crippen LogP) is 3.68. The molecule has 0 aliphatic rings. The second kappa shape index (κ2) is 4.61. The Bertz CT molecular complexity index is 823. The van der Waals surface area contributed by atoms with Crippen LogP contribution in [0.2, 0.25) is 0 Å². The molecule has 4 nitrogen and oxygen atoms in total. The molecule has 0 saturated heterocycles. The van der Waals surface area contributed by atoms with Crippen LogP contribution in [0.3, 0.4) is 0 Å². The number of nitrogens with zero attached hydrogens (tertiary/aromatic N) is 1. The molecule has 0 aliphatic heterocycles. The fourth-order valence-corrected chi connectivity index (χ4v) is 3.11. The fourth-order valence-electron chi connectivity index (χ4n) is 2.31. The number of fused-ring (bicyclic) bond motifs is 1. The van der Waals surface area contributed by atoms with Gasteiger partial charge in [-0.25, -0.2) is 4.79 Å². The van der Waals surface area contributed by atoms with Crippen LogP contribution in [0.5, 0.6) is 5.75 Å². The summed E-state index contributed by atoms with van der Waals surface area (Å²) in [6.45, 7) is 1.88. The molecule has 0 aliphatic carbocycles. The van der Waals surface area contributed by atoms with Gasteiger partial charge in [0.2, 0.25) is 0 Å². The first-order valence-corrected chi connectivity index (χ1v) is 6.77. The number of benzene rings is 2. The van der Waals surface area contributed by atoms with Crippen molar-refractivity contribution in [1.29, 1.82) is 0 Å². The molecule has 0 atom stereocenters. The number of carbonyl (C=O) groups is 1. The lowest BCUT2D eigenvalue weighted by molar-refractivity contribution is 0.0694. The van der Waals surface area contributed by atoms with Crippen LogP contribution < -0.4 is 0 Å². The molecule has 0 unspecified atom stereocenters. The molecule has 0 bridgehead atoms. The van der Waals surface area contributed by atoms with Crippen molar-refractivity contribution >= 4 is 27.6 Å². The monoisotopic (exact) mass is 285 g/mol. The Morgan fingerprint density at radius 1 is 1.20 bits per heavy atom. The minimum absolute atomic E-state index is 0.0769. The van der Waals surface area contributed by atoms with Gasteiger partial charge in [0.15, 0.2) is 5.69 Å². The SMILES string of the molecule is Cc1cc(O)ccc1-c1cccc2snc(C(=O)O)c12. The number of aromatic hydroxyl groups is 1. The molecule has 3 aromatic rings. The van der Waals surface area contributed by atoms with Gasteiger partial charge in [0.1, 0.15) is 5.75 Å². The largest absolute Gasteiger partial charge is 0.508 e. The Labute approximate surface area is 119 Å². The molecule has 0 saturated carbocycles. The van der Waals surface area contributed by atoms with Crippen molar-refractivity contribution < 1.29 is 15.0 Å². The lowest BCUT2D eigenvalue weighted by atomic mass is 9.96. The third-order valence-electron chi connectivity index (χ3n) is 3.20. The molecule has 0 spiro atoms. The van der Waals surface area contributed by atoms with Gasteiger partial charge < -0.3 is 10.2 Å². The number of phenolic OH excluding ortho intramolecular Hbond substituents is 1. The third kappa shape index (κ3) is 1.92. The average molecular weight is 285 g/mol. The van der Waals surface area contributed by atoms with Crippen molar-refractivity contribution in [3.63, 3.8) is 0 Å². The van der Waals surface area contributed by atoms with Crippen molar-refractivity contribution in [2.45, 2.75) is 6.92 Å². The quantitative estimate of drug-likeness (QED) is 0.753. The zero-order valence-corrected chi connectivity index (χ0v) is 11.4. The highest BCUT2D eigenvalue weighted by atomic mass is 32.1. The van der Waals surface area contributed by atoms with Crippen LogP contribution in [0, 0.1) is 6.92 Å². The van der Waals surface area contributed by atoms with Gasteiger partial charge >= 0.3 is 5.97 Å². The van der Waals surface area contributed by atoms with Crippen molar-refractivity contribution in [3.05, 3.63) is 47.7 Å². The molecular weight excluding hydrogens is 274 g/mol. The van der Waals surface area contributed by atoms with Crippen LogP contribution in [-0.2, 0) is 0 Å². The number of phenols is 1.